The minimum atomic E-state index is -0.00794. The summed E-state index contributed by atoms with van der Waals surface area (Å²) in [5.41, 5.74) is 1.02. The van der Waals surface area contributed by atoms with E-state index in [1.807, 2.05) is 19.1 Å². The standard InChI is InChI=1S/C15H23BrN2O3/c1-4-6-21-15-12(16)7-11(8-13(15)20-3)9-17-10-14(19)18-5-2/h7-8,17H,4-6,9-10H2,1-3H3,(H,18,19). The molecule has 0 unspecified atom stereocenters. The molecular weight excluding hydrogens is 336 g/mol. The number of likely N-dealkylation sites (N-methyl/N-ethyl adjacent to an activating group) is 1. The molecule has 0 bridgehead atoms. The van der Waals surface area contributed by atoms with E-state index in [4.69, 9.17) is 9.47 Å². The van der Waals surface area contributed by atoms with Crippen LogP contribution in [0, 0.1) is 0 Å². The summed E-state index contributed by atoms with van der Waals surface area (Å²) in [6.45, 7) is 6.12. The van der Waals surface area contributed by atoms with Gasteiger partial charge in [0.1, 0.15) is 0 Å². The molecule has 0 fully saturated rings. The molecule has 2 N–H and O–H groups in total. The van der Waals surface area contributed by atoms with Crippen LogP contribution in [0.3, 0.4) is 0 Å². The normalized spacial score (nSPS) is 10.3. The van der Waals surface area contributed by atoms with E-state index in [1.165, 1.54) is 0 Å². The van der Waals surface area contributed by atoms with E-state index < -0.39 is 0 Å². The van der Waals surface area contributed by atoms with Crippen LogP contribution in [0.25, 0.3) is 0 Å². The first-order valence-corrected chi connectivity index (χ1v) is 7.88. The van der Waals surface area contributed by atoms with Crippen LogP contribution in [-0.4, -0.2) is 32.7 Å². The minimum Gasteiger partial charge on any atom is -0.493 e. The number of halogens is 1. The second kappa shape index (κ2) is 9.63. The fourth-order valence-corrected chi connectivity index (χ4v) is 2.40. The predicted octanol–water partition coefficient (Wildman–Crippen LogP) is 2.47. The molecule has 1 amide bonds. The molecule has 21 heavy (non-hydrogen) atoms. The first-order valence-electron chi connectivity index (χ1n) is 7.08. The maximum absolute atomic E-state index is 11.4. The lowest BCUT2D eigenvalue weighted by atomic mass is 10.2. The lowest BCUT2D eigenvalue weighted by Gasteiger charge is -2.14. The highest BCUT2D eigenvalue weighted by Crippen LogP contribution is 2.36. The van der Waals surface area contributed by atoms with Gasteiger partial charge in [0, 0.05) is 13.1 Å². The summed E-state index contributed by atoms with van der Waals surface area (Å²) in [4.78, 5) is 11.4. The number of hydrogen-bond acceptors (Lipinski definition) is 4. The van der Waals surface area contributed by atoms with Gasteiger partial charge in [-0.1, -0.05) is 6.92 Å². The molecule has 5 nitrogen and oxygen atoms in total. The molecule has 0 spiro atoms. The molecular formula is C15H23BrN2O3. The number of nitrogens with one attached hydrogen (secondary N) is 2. The van der Waals surface area contributed by atoms with Crippen LogP contribution in [0.5, 0.6) is 11.5 Å². The van der Waals surface area contributed by atoms with Crippen molar-refractivity contribution in [1.29, 1.82) is 0 Å². The van der Waals surface area contributed by atoms with Crippen molar-refractivity contribution in [2.45, 2.75) is 26.8 Å². The Kier molecular flexibility index (Phi) is 8.15. The van der Waals surface area contributed by atoms with Gasteiger partial charge >= 0.3 is 0 Å². The van der Waals surface area contributed by atoms with E-state index in [2.05, 4.69) is 33.5 Å². The van der Waals surface area contributed by atoms with Crippen molar-refractivity contribution in [3.05, 3.63) is 22.2 Å². The van der Waals surface area contributed by atoms with Crippen molar-refractivity contribution < 1.29 is 14.3 Å². The molecule has 0 aliphatic carbocycles. The van der Waals surface area contributed by atoms with E-state index in [1.54, 1.807) is 7.11 Å². The van der Waals surface area contributed by atoms with Gasteiger partial charge in [-0.25, -0.2) is 0 Å². The number of carbonyl (C=O) groups is 1. The van der Waals surface area contributed by atoms with E-state index in [9.17, 15) is 4.79 Å². The average Bonchev–Trinajstić information content (AvgIpc) is 2.46. The van der Waals surface area contributed by atoms with E-state index in [0.717, 1.165) is 16.5 Å². The summed E-state index contributed by atoms with van der Waals surface area (Å²) in [6.07, 6.45) is 0.936. The Hall–Kier alpha value is -1.27. The first-order chi connectivity index (χ1) is 10.1. The van der Waals surface area contributed by atoms with Crippen LogP contribution in [0.4, 0.5) is 0 Å². The highest BCUT2D eigenvalue weighted by molar-refractivity contribution is 9.10. The van der Waals surface area contributed by atoms with E-state index >= 15 is 0 Å². The molecule has 0 aliphatic rings. The van der Waals surface area contributed by atoms with Gasteiger partial charge in [0.05, 0.1) is 24.7 Å². The zero-order chi connectivity index (χ0) is 15.7. The van der Waals surface area contributed by atoms with Gasteiger partial charge in [0.25, 0.3) is 0 Å². The number of ether oxygens (including phenoxy) is 2. The number of benzene rings is 1. The highest BCUT2D eigenvalue weighted by Gasteiger charge is 2.11. The van der Waals surface area contributed by atoms with Crippen LogP contribution in [0.15, 0.2) is 16.6 Å². The lowest BCUT2D eigenvalue weighted by Crippen LogP contribution is -2.33. The number of carbonyl (C=O) groups excluding carboxylic acids is 1. The van der Waals surface area contributed by atoms with Crippen LogP contribution < -0.4 is 20.1 Å². The van der Waals surface area contributed by atoms with Crippen molar-refractivity contribution in [2.24, 2.45) is 0 Å². The molecule has 1 aromatic rings. The summed E-state index contributed by atoms with van der Waals surface area (Å²) < 4.78 is 11.9. The molecule has 6 heteroatoms. The van der Waals surface area contributed by atoms with Gasteiger partial charge in [0.15, 0.2) is 11.5 Å². The molecule has 0 heterocycles. The third-order valence-electron chi connectivity index (χ3n) is 2.73. The quantitative estimate of drug-likeness (QED) is 0.711. The molecule has 0 aromatic heterocycles. The Morgan fingerprint density at radius 3 is 2.71 bits per heavy atom. The van der Waals surface area contributed by atoms with Crippen molar-refractivity contribution >= 4 is 21.8 Å². The van der Waals surface area contributed by atoms with Crippen molar-refractivity contribution in [3.63, 3.8) is 0 Å². The SMILES string of the molecule is CCCOc1c(Br)cc(CNCC(=O)NCC)cc1OC. The van der Waals surface area contributed by atoms with E-state index in [0.29, 0.717) is 37.7 Å². The molecule has 118 valence electrons. The third kappa shape index (κ3) is 5.93. The van der Waals surface area contributed by atoms with Crippen LogP contribution >= 0.6 is 15.9 Å². The van der Waals surface area contributed by atoms with E-state index in [-0.39, 0.29) is 5.91 Å². The van der Waals surface area contributed by atoms with Crippen molar-refractivity contribution in [2.75, 3.05) is 26.8 Å². The predicted molar refractivity (Wildman–Crippen MR) is 86.9 cm³/mol. The largest absolute Gasteiger partial charge is 0.493 e. The average molecular weight is 359 g/mol. The Labute approximate surface area is 134 Å². The van der Waals surface area contributed by atoms with Crippen molar-refractivity contribution in [3.8, 4) is 11.5 Å². The molecule has 0 saturated carbocycles. The fraction of sp³-hybridized carbons (Fsp3) is 0.533. The zero-order valence-corrected chi connectivity index (χ0v) is 14.4. The molecule has 0 radical (unpaired) electrons. The topological polar surface area (TPSA) is 59.6 Å². The zero-order valence-electron chi connectivity index (χ0n) is 12.8. The van der Waals surface area contributed by atoms with Crippen LogP contribution in [-0.2, 0) is 11.3 Å². The van der Waals surface area contributed by atoms with Gasteiger partial charge < -0.3 is 20.1 Å². The van der Waals surface area contributed by atoms with Crippen molar-refractivity contribution in [1.82, 2.24) is 10.6 Å². The van der Waals surface area contributed by atoms with Gasteiger partial charge in [-0.3, -0.25) is 4.79 Å². The molecule has 0 atom stereocenters. The number of methoxy groups -OCH3 is 1. The number of hydrogen-bond donors (Lipinski definition) is 2. The highest BCUT2D eigenvalue weighted by atomic mass is 79.9. The summed E-state index contributed by atoms with van der Waals surface area (Å²) in [7, 11) is 1.62. The summed E-state index contributed by atoms with van der Waals surface area (Å²) in [5, 5.41) is 5.84. The van der Waals surface area contributed by atoms with Gasteiger partial charge in [-0.05, 0) is 47.0 Å². The van der Waals surface area contributed by atoms with Crippen LogP contribution in [0.2, 0.25) is 0 Å². The summed E-state index contributed by atoms with van der Waals surface area (Å²) in [5.74, 6) is 1.39. The monoisotopic (exact) mass is 358 g/mol. The second-order valence-corrected chi connectivity index (χ2v) is 5.37. The smallest absolute Gasteiger partial charge is 0.233 e. The maximum atomic E-state index is 11.4. The van der Waals surface area contributed by atoms with Gasteiger partial charge in [0.2, 0.25) is 5.91 Å². The Morgan fingerprint density at radius 2 is 2.10 bits per heavy atom. The Balaban J connectivity index is 2.67. The molecule has 1 rings (SSSR count). The van der Waals surface area contributed by atoms with Crippen LogP contribution in [0.1, 0.15) is 25.8 Å². The van der Waals surface area contributed by atoms with Gasteiger partial charge in [-0.15, -0.1) is 0 Å². The number of rotatable bonds is 9. The Bertz CT molecular complexity index is 466. The third-order valence-corrected chi connectivity index (χ3v) is 3.32. The number of amides is 1. The maximum Gasteiger partial charge on any atom is 0.233 e. The Morgan fingerprint density at radius 1 is 1.33 bits per heavy atom. The first kappa shape index (κ1) is 17.8. The second-order valence-electron chi connectivity index (χ2n) is 4.51. The molecule has 0 aliphatic heterocycles. The minimum absolute atomic E-state index is 0.00794. The molecule has 1 aromatic carbocycles. The summed E-state index contributed by atoms with van der Waals surface area (Å²) >= 11 is 3.50. The lowest BCUT2D eigenvalue weighted by molar-refractivity contribution is -0.120. The summed E-state index contributed by atoms with van der Waals surface area (Å²) in [6, 6.07) is 3.89. The molecule has 0 saturated heterocycles. The van der Waals surface area contributed by atoms with Gasteiger partial charge in [-0.2, -0.15) is 0 Å². The fourth-order valence-electron chi connectivity index (χ4n) is 1.80.